The molecule has 2 heterocycles. The van der Waals surface area contributed by atoms with Gasteiger partial charge >= 0.3 is 0 Å². The molecule has 1 aliphatic heterocycles. The second-order valence-corrected chi connectivity index (χ2v) is 7.24. The molecule has 3 rings (SSSR count). The molecule has 1 aromatic heterocycles. The van der Waals surface area contributed by atoms with Crippen molar-refractivity contribution in [3.8, 4) is 5.75 Å². The van der Waals surface area contributed by atoms with Gasteiger partial charge in [-0.2, -0.15) is 0 Å². The highest BCUT2D eigenvalue weighted by molar-refractivity contribution is 7.15. The van der Waals surface area contributed by atoms with Gasteiger partial charge in [-0.1, -0.05) is 22.9 Å². The van der Waals surface area contributed by atoms with Crippen LogP contribution in [-0.4, -0.2) is 28.3 Å². The quantitative estimate of drug-likeness (QED) is 0.869. The van der Waals surface area contributed by atoms with Crippen LogP contribution in [0.3, 0.4) is 0 Å². The third kappa shape index (κ3) is 3.85. The fraction of sp³-hybridized carbons (Fsp3) is 0.438. The highest BCUT2D eigenvalue weighted by Gasteiger charge is 2.38. The van der Waals surface area contributed by atoms with E-state index in [1.54, 1.807) is 31.2 Å². The maximum absolute atomic E-state index is 12.3. The van der Waals surface area contributed by atoms with Gasteiger partial charge in [0, 0.05) is 11.6 Å². The molecule has 0 unspecified atom stereocenters. The number of amides is 1. The molecule has 0 radical (unpaired) electrons. The molecule has 0 aliphatic carbocycles. The summed E-state index contributed by atoms with van der Waals surface area (Å²) in [5.74, 6) is 0.508. The van der Waals surface area contributed by atoms with E-state index in [1.807, 2.05) is 6.92 Å². The third-order valence-corrected chi connectivity index (χ3v) is 5.09. The largest absolute Gasteiger partial charge is 0.483 e. The van der Waals surface area contributed by atoms with Crippen LogP contribution in [0, 0.1) is 0 Å². The Morgan fingerprint density at radius 3 is 2.83 bits per heavy atom. The van der Waals surface area contributed by atoms with Crippen molar-refractivity contribution in [2.24, 2.45) is 0 Å². The highest BCUT2D eigenvalue weighted by atomic mass is 35.5. The minimum Gasteiger partial charge on any atom is -0.483 e. The Labute approximate surface area is 149 Å². The lowest BCUT2D eigenvalue weighted by Gasteiger charge is -2.20. The Morgan fingerprint density at radius 2 is 2.17 bits per heavy atom. The van der Waals surface area contributed by atoms with Crippen LogP contribution in [0.1, 0.15) is 37.8 Å². The van der Waals surface area contributed by atoms with Crippen LogP contribution in [0.15, 0.2) is 24.3 Å². The van der Waals surface area contributed by atoms with E-state index in [1.165, 1.54) is 11.3 Å². The summed E-state index contributed by atoms with van der Waals surface area (Å²) in [6, 6.07) is 7.11. The number of ether oxygens (including phenoxy) is 2. The van der Waals surface area contributed by atoms with Gasteiger partial charge in [-0.25, -0.2) is 0 Å². The van der Waals surface area contributed by atoms with Crippen molar-refractivity contribution in [2.75, 3.05) is 11.9 Å². The van der Waals surface area contributed by atoms with Gasteiger partial charge in [0.05, 0.1) is 0 Å². The van der Waals surface area contributed by atoms with E-state index in [-0.39, 0.29) is 12.0 Å². The van der Waals surface area contributed by atoms with Crippen molar-refractivity contribution in [1.29, 1.82) is 0 Å². The van der Waals surface area contributed by atoms with Gasteiger partial charge in [0.15, 0.2) is 5.01 Å². The van der Waals surface area contributed by atoms with Gasteiger partial charge in [-0.05, 0) is 51.0 Å². The van der Waals surface area contributed by atoms with Crippen molar-refractivity contribution < 1.29 is 14.3 Å². The first-order valence-electron chi connectivity index (χ1n) is 7.67. The van der Waals surface area contributed by atoms with E-state index in [0.29, 0.717) is 33.9 Å². The van der Waals surface area contributed by atoms with Crippen LogP contribution in [0.4, 0.5) is 5.13 Å². The van der Waals surface area contributed by atoms with E-state index in [0.717, 1.165) is 6.42 Å². The smallest absolute Gasteiger partial charge is 0.258 e. The zero-order chi connectivity index (χ0) is 17.2. The zero-order valence-electron chi connectivity index (χ0n) is 13.4. The first-order valence-corrected chi connectivity index (χ1v) is 8.87. The van der Waals surface area contributed by atoms with E-state index >= 15 is 0 Å². The molecular weight excluding hydrogens is 350 g/mol. The third-order valence-electron chi connectivity index (χ3n) is 3.83. The maximum atomic E-state index is 12.3. The molecule has 1 aromatic carbocycles. The van der Waals surface area contributed by atoms with Crippen LogP contribution in [0.2, 0.25) is 5.02 Å². The van der Waals surface area contributed by atoms with Crippen LogP contribution in [0.5, 0.6) is 5.75 Å². The maximum Gasteiger partial charge on any atom is 0.258 e. The molecule has 1 fully saturated rings. The van der Waals surface area contributed by atoms with Gasteiger partial charge in [-0.3, -0.25) is 10.1 Å². The summed E-state index contributed by atoms with van der Waals surface area (Å²) in [5.41, 5.74) is -0.780. The molecule has 1 aliphatic rings. The summed E-state index contributed by atoms with van der Waals surface area (Å²) in [4.78, 5) is 12.3. The minimum atomic E-state index is -0.780. The first-order chi connectivity index (χ1) is 11.5. The van der Waals surface area contributed by atoms with Crippen molar-refractivity contribution in [3.63, 3.8) is 0 Å². The lowest BCUT2D eigenvalue weighted by molar-refractivity contribution is -0.133. The van der Waals surface area contributed by atoms with E-state index < -0.39 is 5.60 Å². The Morgan fingerprint density at radius 1 is 1.42 bits per heavy atom. The van der Waals surface area contributed by atoms with Gasteiger partial charge in [0.2, 0.25) is 5.13 Å². The molecular formula is C16H18ClN3O3S. The van der Waals surface area contributed by atoms with Crippen molar-refractivity contribution in [2.45, 2.75) is 38.4 Å². The topological polar surface area (TPSA) is 73.3 Å². The van der Waals surface area contributed by atoms with Crippen molar-refractivity contribution in [3.05, 3.63) is 34.3 Å². The average molecular weight is 368 g/mol. The predicted octanol–water partition coefficient (Wildman–Crippen LogP) is 3.84. The normalized spacial score (nSPS) is 21.5. The number of rotatable bonds is 5. The lowest BCUT2D eigenvalue weighted by Crippen LogP contribution is -2.39. The molecule has 6 nitrogen and oxygen atoms in total. The molecule has 24 heavy (non-hydrogen) atoms. The number of anilines is 1. The minimum absolute atomic E-state index is 0.186. The van der Waals surface area contributed by atoms with Crippen LogP contribution >= 0.6 is 22.9 Å². The van der Waals surface area contributed by atoms with Crippen LogP contribution in [0.25, 0.3) is 0 Å². The van der Waals surface area contributed by atoms with Gasteiger partial charge in [0.1, 0.15) is 17.5 Å². The Balaban J connectivity index is 1.62. The van der Waals surface area contributed by atoms with E-state index in [4.69, 9.17) is 21.1 Å². The fourth-order valence-electron chi connectivity index (χ4n) is 2.40. The van der Waals surface area contributed by atoms with Gasteiger partial charge in [0.25, 0.3) is 5.91 Å². The molecule has 8 heteroatoms. The van der Waals surface area contributed by atoms with Crippen molar-refractivity contribution >= 4 is 34.0 Å². The number of halogens is 1. The standard InChI is InChI=1S/C16H18ClN3O3S/c1-10(23-12-6-4-11(17)5-7-12)13-19-20-15(24-13)18-14(21)16(2)8-3-9-22-16/h4-7,10H,3,8-9H2,1-2H3,(H,18,20,21)/t10-,16+/m1/s1. The Kier molecular flexibility index (Phi) is 5.03. The number of aromatic nitrogens is 2. The first kappa shape index (κ1) is 17.1. The summed E-state index contributed by atoms with van der Waals surface area (Å²) in [7, 11) is 0. The molecule has 0 saturated carbocycles. The number of hydrogen-bond donors (Lipinski definition) is 1. The Hall–Kier alpha value is -1.70. The monoisotopic (exact) mass is 367 g/mol. The highest BCUT2D eigenvalue weighted by Crippen LogP contribution is 2.30. The summed E-state index contributed by atoms with van der Waals surface area (Å²) in [6.45, 7) is 4.28. The number of benzene rings is 1. The molecule has 0 spiro atoms. The zero-order valence-corrected chi connectivity index (χ0v) is 15.0. The SMILES string of the molecule is C[C@@H](Oc1ccc(Cl)cc1)c1nnc(NC(=O)[C@]2(C)CCCO2)s1. The summed E-state index contributed by atoms with van der Waals surface area (Å²) in [5, 5.41) is 12.7. The van der Waals surface area contributed by atoms with E-state index in [9.17, 15) is 4.79 Å². The summed E-state index contributed by atoms with van der Waals surface area (Å²) >= 11 is 7.14. The molecule has 0 bridgehead atoms. The van der Waals surface area contributed by atoms with Gasteiger partial charge < -0.3 is 9.47 Å². The number of nitrogens with zero attached hydrogens (tertiary/aromatic N) is 2. The van der Waals surface area contributed by atoms with Gasteiger partial charge in [-0.15, -0.1) is 10.2 Å². The number of carbonyl (C=O) groups excluding carboxylic acids is 1. The van der Waals surface area contributed by atoms with Crippen molar-refractivity contribution in [1.82, 2.24) is 10.2 Å². The molecule has 1 N–H and O–H groups in total. The van der Waals surface area contributed by atoms with E-state index in [2.05, 4.69) is 15.5 Å². The summed E-state index contributed by atoms with van der Waals surface area (Å²) < 4.78 is 11.3. The number of hydrogen-bond acceptors (Lipinski definition) is 6. The lowest BCUT2D eigenvalue weighted by atomic mass is 10.0. The van der Waals surface area contributed by atoms with Crippen LogP contribution < -0.4 is 10.1 Å². The number of nitrogens with one attached hydrogen (secondary N) is 1. The summed E-state index contributed by atoms with van der Waals surface area (Å²) in [6.07, 6.45) is 1.31. The molecule has 2 aromatic rings. The van der Waals surface area contributed by atoms with Crippen LogP contribution in [-0.2, 0) is 9.53 Å². The second kappa shape index (κ2) is 7.04. The number of carbonyl (C=O) groups is 1. The molecule has 128 valence electrons. The molecule has 2 atom stereocenters. The molecule has 1 saturated heterocycles. The molecule has 1 amide bonds. The Bertz CT molecular complexity index is 714. The predicted molar refractivity (Wildman–Crippen MR) is 92.6 cm³/mol. The fourth-order valence-corrected chi connectivity index (χ4v) is 3.25. The average Bonchev–Trinajstić information content (AvgIpc) is 3.20. The second-order valence-electron chi connectivity index (χ2n) is 5.80.